The third-order valence-corrected chi connectivity index (χ3v) is 0.812. The van der Waals surface area contributed by atoms with E-state index in [1.165, 1.54) is 6.92 Å². The molecular weight excluding hydrogens is 146 g/mol. The molecule has 0 aliphatic heterocycles. The molecule has 0 aromatic rings. The zero-order chi connectivity index (χ0) is 9.28. The van der Waals surface area contributed by atoms with Gasteiger partial charge in [0.05, 0.1) is 0 Å². The van der Waals surface area contributed by atoms with Crippen molar-refractivity contribution in [3.63, 3.8) is 0 Å². The number of hydrogen-bond donors (Lipinski definition) is 2. The summed E-state index contributed by atoms with van der Waals surface area (Å²) in [5.74, 6) is -0.815. The first-order valence-electron chi connectivity index (χ1n) is 3.37. The highest BCUT2D eigenvalue weighted by molar-refractivity contribution is 5.78. The zero-order valence-electron chi connectivity index (χ0n) is 7.34. The maximum atomic E-state index is 10.9. The molecule has 3 N–H and O–H groups in total. The molecule has 66 valence electrons. The van der Waals surface area contributed by atoms with Gasteiger partial charge in [-0.05, 0) is 27.7 Å². The molecule has 0 saturated heterocycles. The fourth-order valence-corrected chi connectivity index (χ4v) is 0.381. The van der Waals surface area contributed by atoms with E-state index in [0.717, 1.165) is 0 Å². The lowest BCUT2D eigenvalue weighted by molar-refractivity contribution is -0.174. The molecule has 0 heterocycles. The van der Waals surface area contributed by atoms with Crippen molar-refractivity contribution in [2.24, 2.45) is 5.73 Å². The number of carbonyl (C=O) groups excluding carboxylic acids is 1. The predicted octanol–water partition coefficient (Wildman–Crippen LogP) is -0.00470. The van der Waals surface area contributed by atoms with Crippen LogP contribution in [0.2, 0.25) is 0 Å². The summed E-state index contributed by atoms with van der Waals surface area (Å²) >= 11 is 0. The van der Waals surface area contributed by atoms with Crippen LogP contribution < -0.4 is 5.73 Å². The first kappa shape index (κ1) is 10.4. The Kier molecular flexibility index (Phi) is 2.64. The van der Waals surface area contributed by atoms with Gasteiger partial charge in [-0.25, -0.2) is 4.79 Å². The van der Waals surface area contributed by atoms with Gasteiger partial charge in [-0.15, -0.1) is 0 Å². The molecule has 0 amide bonds. The summed E-state index contributed by atoms with van der Waals surface area (Å²) in [5.41, 5.74) is 2.56. The highest BCUT2D eigenvalue weighted by atomic mass is 16.6. The normalized spacial score (nSPS) is 17.3. The van der Waals surface area contributed by atoms with Crippen molar-refractivity contribution >= 4 is 5.97 Å². The lowest BCUT2D eigenvalue weighted by Crippen LogP contribution is -2.48. The largest absolute Gasteiger partial charge is 0.457 e. The summed E-state index contributed by atoms with van der Waals surface area (Å²) in [5, 5.41) is 8.95. The summed E-state index contributed by atoms with van der Waals surface area (Å²) in [4.78, 5) is 10.9. The molecule has 0 rings (SSSR count). The van der Waals surface area contributed by atoms with E-state index in [-0.39, 0.29) is 0 Å². The molecule has 0 radical (unpaired) electrons. The first-order valence-corrected chi connectivity index (χ1v) is 3.37. The van der Waals surface area contributed by atoms with E-state index in [4.69, 9.17) is 15.6 Å². The van der Waals surface area contributed by atoms with Crippen LogP contribution in [0.15, 0.2) is 0 Å². The Morgan fingerprint density at radius 3 is 1.82 bits per heavy atom. The molecule has 4 heteroatoms. The van der Waals surface area contributed by atoms with Crippen LogP contribution in [0, 0.1) is 0 Å². The third-order valence-electron chi connectivity index (χ3n) is 0.812. The topological polar surface area (TPSA) is 72.5 Å². The van der Waals surface area contributed by atoms with Gasteiger partial charge in [-0.3, -0.25) is 5.73 Å². The number of esters is 1. The van der Waals surface area contributed by atoms with Crippen LogP contribution in [0.4, 0.5) is 0 Å². The molecule has 4 nitrogen and oxygen atoms in total. The number of carbonyl (C=O) groups is 1. The molecule has 0 bridgehead atoms. The third kappa shape index (κ3) is 4.75. The van der Waals surface area contributed by atoms with E-state index in [1.54, 1.807) is 20.8 Å². The minimum Gasteiger partial charge on any atom is -0.457 e. The average molecular weight is 161 g/mol. The van der Waals surface area contributed by atoms with E-state index < -0.39 is 17.3 Å². The molecule has 0 aromatic carbocycles. The number of nitrogens with two attached hydrogens (primary N) is 1. The highest BCUT2D eigenvalue weighted by Crippen LogP contribution is 2.10. The zero-order valence-corrected chi connectivity index (χ0v) is 7.34. The van der Waals surface area contributed by atoms with Crippen LogP contribution in [0.25, 0.3) is 0 Å². The lowest BCUT2D eigenvalue weighted by atomic mass is 10.2. The second-order valence-electron chi connectivity index (χ2n) is 3.65. The van der Waals surface area contributed by atoms with Crippen LogP contribution in [-0.2, 0) is 9.53 Å². The Balaban J connectivity index is 4.11. The fraction of sp³-hybridized carbons (Fsp3) is 0.857. The Bertz CT molecular complexity index is 152. The van der Waals surface area contributed by atoms with Crippen LogP contribution in [0.5, 0.6) is 0 Å². The number of hydrogen-bond acceptors (Lipinski definition) is 4. The Morgan fingerprint density at radius 1 is 1.36 bits per heavy atom. The van der Waals surface area contributed by atoms with Gasteiger partial charge in [0.1, 0.15) is 5.60 Å². The average Bonchev–Trinajstić information content (AvgIpc) is 1.56. The summed E-state index contributed by atoms with van der Waals surface area (Å²) in [6.45, 7) is 6.30. The Morgan fingerprint density at radius 2 is 1.73 bits per heavy atom. The van der Waals surface area contributed by atoms with Crippen LogP contribution >= 0.6 is 0 Å². The molecule has 0 aromatic heterocycles. The van der Waals surface area contributed by atoms with Gasteiger partial charge in [0.15, 0.2) is 0 Å². The van der Waals surface area contributed by atoms with Crippen molar-refractivity contribution in [2.45, 2.75) is 39.0 Å². The van der Waals surface area contributed by atoms with Crippen LogP contribution in [-0.4, -0.2) is 22.4 Å². The van der Waals surface area contributed by atoms with Gasteiger partial charge in [-0.1, -0.05) is 0 Å². The predicted molar refractivity (Wildman–Crippen MR) is 40.7 cm³/mol. The maximum absolute atomic E-state index is 10.9. The summed E-state index contributed by atoms with van der Waals surface area (Å²) in [7, 11) is 0. The van der Waals surface area contributed by atoms with Gasteiger partial charge in [0.25, 0.3) is 0 Å². The van der Waals surface area contributed by atoms with Crippen molar-refractivity contribution in [3.05, 3.63) is 0 Å². The second-order valence-corrected chi connectivity index (χ2v) is 3.65. The van der Waals surface area contributed by atoms with Crippen molar-refractivity contribution < 1.29 is 14.6 Å². The van der Waals surface area contributed by atoms with Crippen molar-refractivity contribution in [2.75, 3.05) is 0 Å². The molecule has 0 unspecified atom stereocenters. The van der Waals surface area contributed by atoms with Gasteiger partial charge < -0.3 is 9.84 Å². The van der Waals surface area contributed by atoms with Crippen molar-refractivity contribution in [1.82, 2.24) is 0 Å². The second kappa shape index (κ2) is 2.79. The smallest absolute Gasteiger partial charge is 0.353 e. The number of rotatable bonds is 1. The summed E-state index contributed by atoms with van der Waals surface area (Å²) < 4.78 is 4.79. The monoisotopic (exact) mass is 161 g/mol. The van der Waals surface area contributed by atoms with Crippen LogP contribution in [0.1, 0.15) is 27.7 Å². The van der Waals surface area contributed by atoms with Gasteiger partial charge in [-0.2, -0.15) is 0 Å². The molecule has 0 saturated carbocycles. The van der Waals surface area contributed by atoms with E-state index in [1.807, 2.05) is 0 Å². The molecule has 0 fully saturated rings. The Labute approximate surface area is 66.3 Å². The van der Waals surface area contributed by atoms with E-state index in [9.17, 15) is 4.79 Å². The van der Waals surface area contributed by atoms with Crippen molar-refractivity contribution in [3.8, 4) is 0 Å². The quantitative estimate of drug-likeness (QED) is 0.419. The molecule has 11 heavy (non-hydrogen) atoms. The fourth-order valence-electron chi connectivity index (χ4n) is 0.381. The maximum Gasteiger partial charge on any atom is 0.353 e. The SMILES string of the molecule is CC(C)(C)OC(=O)[C@](C)(N)O. The standard InChI is InChI=1S/C7H15NO3/c1-6(2,3)11-5(9)7(4,8)10/h10H,8H2,1-4H3/t7-/m1/s1. The molecule has 1 atom stereocenters. The molecule has 0 aliphatic carbocycles. The van der Waals surface area contributed by atoms with E-state index in [0.29, 0.717) is 0 Å². The highest BCUT2D eigenvalue weighted by Gasteiger charge is 2.30. The molecule has 0 aliphatic rings. The van der Waals surface area contributed by atoms with Crippen molar-refractivity contribution in [1.29, 1.82) is 0 Å². The minimum absolute atomic E-state index is 0.611. The van der Waals surface area contributed by atoms with Gasteiger partial charge in [0.2, 0.25) is 5.72 Å². The summed E-state index contributed by atoms with van der Waals surface area (Å²) in [6.07, 6.45) is 0. The van der Waals surface area contributed by atoms with E-state index in [2.05, 4.69) is 0 Å². The molecular formula is C7H15NO3. The molecule has 0 spiro atoms. The summed E-state index contributed by atoms with van der Waals surface area (Å²) in [6, 6.07) is 0. The van der Waals surface area contributed by atoms with Crippen LogP contribution in [0.3, 0.4) is 0 Å². The minimum atomic E-state index is -1.90. The first-order chi connectivity index (χ1) is 4.63. The van der Waals surface area contributed by atoms with Gasteiger partial charge in [0, 0.05) is 0 Å². The number of ether oxygens (including phenoxy) is 1. The Hall–Kier alpha value is -0.610. The van der Waals surface area contributed by atoms with E-state index >= 15 is 0 Å². The van der Waals surface area contributed by atoms with Gasteiger partial charge >= 0.3 is 5.97 Å². The lowest BCUT2D eigenvalue weighted by Gasteiger charge is -2.24. The number of aliphatic hydroxyl groups is 1.